The summed E-state index contributed by atoms with van der Waals surface area (Å²) in [6.07, 6.45) is 2.36. The lowest BCUT2D eigenvalue weighted by Crippen LogP contribution is -2.39. The van der Waals surface area contributed by atoms with Crippen LogP contribution in [0.2, 0.25) is 0 Å². The lowest BCUT2D eigenvalue weighted by Gasteiger charge is -2.12. The van der Waals surface area contributed by atoms with Crippen molar-refractivity contribution >= 4 is 11.2 Å². The Morgan fingerprint density at radius 1 is 1.37 bits per heavy atom. The normalized spacial score (nSPS) is 11.6. The van der Waals surface area contributed by atoms with Crippen molar-refractivity contribution in [3.05, 3.63) is 27.2 Å². The van der Waals surface area contributed by atoms with E-state index in [9.17, 15) is 9.59 Å². The van der Waals surface area contributed by atoms with Gasteiger partial charge in [-0.15, -0.1) is 0 Å². The fraction of sp³-hybridized carbons (Fsp3) is 0.583. The van der Waals surface area contributed by atoms with Crippen molar-refractivity contribution in [2.45, 2.75) is 32.9 Å². The maximum Gasteiger partial charge on any atom is 0.332 e. The number of aromatic nitrogens is 4. The first-order chi connectivity index (χ1) is 8.99. The molecule has 0 amide bonds. The van der Waals surface area contributed by atoms with Gasteiger partial charge in [-0.25, -0.2) is 9.78 Å². The van der Waals surface area contributed by atoms with Gasteiger partial charge in [0.15, 0.2) is 11.2 Å². The number of rotatable bonds is 4. The third kappa shape index (κ3) is 2.10. The lowest BCUT2D eigenvalue weighted by molar-refractivity contribution is 0.550. The molecule has 104 valence electrons. The number of aryl methyl sites for hydroxylation is 1. The summed E-state index contributed by atoms with van der Waals surface area (Å²) in [6.45, 7) is 4.96. The zero-order valence-corrected chi connectivity index (χ0v) is 11.5. The minimum absolute atomic E-state index is 0.0559. The molecule has 0 saturated heterocycles. The molecule has 2 aromatic rings. The van der Waals surface area contributed by atoms with E-state index in [0.29, 0.717) is 24.3 Å². The second-order valence-corrected chi connectivity index (χ2v) is 4.86. The van der Waals surface area contributed by atoms with E-state index in [0.717, 1.165) is 11.0 Å². The third-order valence-electron chi connectivity index (χ3n) is 3.17. The molecule has 19 heavy (non-hydrogen) atoms. The van der Waals surface area contributed by atoms with E-state index in [1.807, 2.05) is 13.8 Å². The Hall–Kier alpha value is -1.89. The van der Waals surface area contributed by atoms with Crippen LogP contribution in [0.5, 0.6) is 0 Å². The van der Waals surface area contributed by atoms with Crippen LogP contribution in [0.3, 0.4) is 0 Å². The average molecular weight is 265 g/mol. The van der Waals surface area contributed by atoms with Crippen LogP contribution in [0.1, 0.15) is 26.3 Å². The third-order valence-corrected chi connectivity index (χ3v) is 3.17. The Labute approximate surface area is 110 Å². The van der Waals surface area contributed by atoms with Crippen LogP contribution in [0, 0.1) is 0 Å². The van der Waals surface area contributed by atoms with E-state index in [2.05, 4.69) is 4.98 Å². The van der Waals surface area contributed by atoms with Crippen LogP contribution >= 0.6 is 0 Å². The summed E-state index contributed by atoms with van der Waals surface area (Å²) < 4.78 is 4.43. The summed E-state index contributed by atoms with van der Waals surface area (Å²) in [5.74, 6) is 0. The zero-order valence-electron chi connectivity index (χ0n) is 11.5. The number of nitrogens with two attached hydrogens (primary N) is 1. The fourth-order valence-electron chi connectivity index (χ4n) is 2.16. The van der Waals surface area contributed by atoms with Gasteiger partial charge < -0.3 is 10.3 Å². The fourth-order valence-corrected chi connectivity index (χ4v) is 2.16. The predicted octanol–water partition coefficient (Wildman–Crippen LogP) is -0.174. The minimum Gasteiger partial charge on any atom is -0.330 e. The molecule has 2 aromatic heterocycles. The average Bonchev–Trinajstić information content (AvgIpc) is 2.77. The molecule has 0 unspecified atom stereocenters. The SMILES string of the molecule is CC(C)n1c(=O)n(C)c(=O)c2c1ncn2CCCN. The van der Waals surface area contributed by atoms with Gasteiger partial charge in [0, 0.05) is 19.6 Å². The molecular formula is C12H19N5O2. The molecule has 7 nitrogen and oxygen atoms in total. The Morgan fingerprint density at radius 2 is 2.05 bits per heavy atom. The summed E-state index contributed by atoms with van der Waals surface area (Å²) in [5, 5.41) is 0. The van der Waals surface area contributed by atoms with Gasteiger partial charge in [0.05, 0.1) is 6.33 Å². The Bertz CT molecular complexity index is 707. The van der Waals surface area contributed by atoms with Gasteiger partial charge >= 0.3 is 5.69 Å². The quantitative estimate of drug-likeness (QED) is 0.831. The topological polar surface area (TPSA) is 87.8 Å². The van der Waals surface area contributed by atoms with Crippen molar-refractivity contribution < 1.29 is 0 Å². The summed E-state index contributed by atoms with van der Waals surface area (Å²) in [5.41, 5.74) is 5.74. The zero-order chi connectivity index (χ0) is 14.2. The summed E-state index contributed by atoms with van der Waals surface area (Å²) in [7, 11) is 1.49. The van der Waals surface area contributed by atoms with E-state index in [4.69, 9.17) is 5.73 Å². The summed E-state index contributed by atoms with van der Waals surface area (Å²) >= 11 is 0. The molecule has 0 aliphatic rings. The van der Waals surface area contributed by atoms with Gasteiger partial charge in [0.2, 0.25) is 0 Å². The summed E-state index contributed by atoms with van der Waals surface area (Å²) in [6, 6.07) is -0.0559. The molecule has 0 fully saturated rings. The number of nitrogens with zero attached hydrogens (tertiary/aromatic N) is 4. The smallest absolute Gasteiger partial charge is 0.330 e. The van der Waals surface area contributed by atoms with Gasteiger partial charge in [-0.2, -0.15) is 0 Å². The van der Waals surface area contributed by atoms with Gasteiger partial charge in [-0.3, -0.25) is 13.9 Å². The highest BCUT2D eigenvalue weighted by Crippen LogP contribution is 2.11. The van der Waals surface area contributed by atoms with E-state index in [1.165, 1.54) is 11.6 Å². The van der Waals surface area contributed by atoms with Crippen LogP contribution in [-0.4, -0.2) is 25.2 Å². The Kier molecular flexibility index (Phi) is 3.57. The van der Waals surface area contributed by atoms with E-state index in [1.54, 1.807) is 10.9 Å². The molecule has 0 atom stereocenters. The number of hydrogen-bond acceptors (Lipinski definition) is 4. The molecule has 0 aromatic carbocycles. The van der Waals surface area contributed by atoms with Crippen molar-refractivity contribution in [3.63, 3.8) is 0 Å². The Balaban J connectivity index is 2.81. The lowest BCUT2D eigenvalue weighted by atomic mass is 10.3. The first-order valence-electron chi connectivity index (χ1n) is 6.35. The van der Waals surface area contributed by atoms with Gasteiger partial charge in [-0.1, -0.05) is 0 Å². The molecule has 2 heterocycles. The minimum atomic E-state index is -0.337. The Morgan fingerprint density at radius 3 is 2.63 bits per heavy atom. The van der Waals surface area contributed by atoms with Gasteiger partial charge in [-0.05, 0) is 26.8 Å². The highest BCUT2D eigenvalue weighted by Gasteiger charge is 2.17. The van der Waals surface area contributed by atoms with E-state index < -0.39 is 0 Å². The van der Waals surface area contributed by atoms with Crippen LogP contribution in [-0.2, 0) is 13.6 Å². The van der Waals surface area contributed by atoms with Crippen molar-refractivity contribution in [1.82, 2.24) is 18.7 Å². The summed E-state index contributed by atoms with van der Waals surface area (Å²) in [4.78, 5) is 28.6. The maximum absolute atomic E-state index is 12.2. The van der Waals surface area contributed by atoms with Crippen LogP contribution in [0.15, 0.2) is 15.9 Å². The molecule has 0 bridgehead atoms. The highest BCUT2D eigenvalue weighted by atomic mass is 16.2. The van der Waals surface area contributed by atoms with Crippen molar-refractivity contribution in [2.75, 3.05) is 6.54 Å². The van der Waals surface area contributed by atoms with Crippen molar-refractivity contribution in [2.24, 2.45) is 12.8 Å². The molecule has 0 aliphatic carbocycles. The molecule has 7 heteroatoms. The molecule has 0 saturated carbocycles. The number of imidazole rings is 1. The molecule has 0 spiro atoms. The largest absolute Gasteiger partial charge is 0.332 e. The van der Waals surface area contributed by atoms with E-state index >= 15 is 0 Å². The molecule has 2 rings (SSSR count). The standard InChI is InChI=1S/C12H19N5O2/c1-8(2)17-10-9(11(18)15(3)12(17)19)16(7-14-10)6-4-5-13/h7-8H,4-6,13H2,1-3H3. The van der Waals surface area contributed by atoms with Gasteiger partial charge in [0.25, 0.3) is 5.56 Å². The first-order valence-corrected chi connectivity index (χ1v) is 6.35. The molecule has 0 aliphatic heterocycles. The van der Waals surface area contributed by atoms with Crippen LogP contribution < -0.4 is 17.0 Å². The van der Waals surface area contributed by atoms with Crippen molar-refractivity contribution in [3.8, 4) is 0 Å². The predicted molar refractivity (Wildman–Crippen MR) is 73.3 cm³/mol. The van der Waals surface area contributed by atoms with E-state index in [-0.39, 0.29) is 17.3 Å². The van der Waals surface area contributed by atoms with Crippen LogP contribution in [0.25, 0.3) is 11.2 Å². The van der Waals surface area contributed by atoms with Gasteiger partial charge in [0.1, 0.15) is 0 Å². The first kappa shape index (κ1) is 13.5. The second kappa shape index (κ2) is 5.00. The van der Waals surface area contributed by atoms with Crippen molar-refractivity contribution in [1.29, 1.82) is 0 Å². The monoisotopic (exact) mass is 265 g/mol. The molecular weight excluding hydrogens is 246 g/mol. The molecule has 0 radical (unpaired) electrons. The number of fused-ring (bicyclic) bond motifs is 1. The molecule has 2 N–H and O–H groups in total. The van der Waals surface area contributed by atoms with Crippen LogP contribution in [0.4, 0.5) is 0 Å². The number of hydrogen-bond donors (Lipinski definition) is 1. The highest BCUT2D eigenvalue weighted by molar-refractivity contribution is 5.70. The second-order valence-electron chi connectivity index (χ2n) is 4.86. The maximum atomic E-state index is 12.2.